The van der Waals surface area contributed by atoms with Crippen molar-refractivity contribution >= 4 is 11.7 Å². The number of amides is 1. The van der Waals surface area contributed by atoms with E-state index in [0.717, 1.165) is 12.8 Å². The van der Waals surface area contributed by atoms with Gasteiger partial charge in [0.15, 0.2) is 5.84 Å². The molecule has 1 amide bonds. The molecule has 0 aromatic heterocycles. The van der Waals surface area contributed by atoms with Crippen molar-refractivity contribution < 1.29 is 10.0 Å². The summed E-state index contributed by atoms with van der Waals surface area (Å²) < 4.78 is 0. The Labute approximate surface area is 97.1 Å². The molecule has 4 N–H and O–H groups in total. The SMILES string of the molecule is CCC(CC)C(C)NC(=O)C(C)C(N)=NO. The zero-order chi connectivity index (χ0) is 12.7. The Morgan fingerprint density at radius 3 is 2.25 bits per heavy atom. The van der Waals surface area contributed by atoms with Gasteiger partial charge in [-0.3, -0.25) is 4.79 Å². The highest BCUT2D eigenvalue weighted by molar-refractivity contribution is 6.01. The summed E-state index contributed by atoms with van der Waals surface area (Å²) in [5, 5.41) is 14.2. The second-order valence-corrected chi connectivity index (χ2v) is 4.12. The average Bonchev–Trinajstić information content (AvgIpc) is 2.28. The quantitative estimate of drug-likeness (QED) is 0.278. The van der Waals surface area contributed by atoms with Gasteiger partial charge in [0.1, 0.15) is 0 Å². The van der Waals surface area contributed by atoms with E-state index < -0.39 is 5.92 Å². The third-order valence-corrected chi connectivity index (χ3v) is 3.08. The van der Waals surface area contributed by atoms with Crippen LogP contribution in [0, 0.1) is 11.8 Å². The monoisotopic (exact) mass is 229 g/mol. The molecule has 2 unspecified atom stereocenters. The Hall–Kier alpha value is -1.26. The van der Waals surface area contributed by atoms with Gasteiger partial charge in [-0.05, 0) is 19.8 Å². The van der Waals surface area contributed by atoms with Crippen molar-refractivity contribution in [1.82, 2.24) is 5.32 Å². The van der Waals surface area contributed by atoms with Crippen LogP contribution >= 0.6 is 0 Å². The van der Waals surface area contributed by atoms with E-state index in [1.165, 1.54) is 0 Å². The van der Waals surface area contributed by atoms with Crippen molar-refractivity contribution in [3.05, 3.63) is 0 Å². The molecule has 0 aliphatic heterocycles. The minimum absolute atomic E-state index is 0.0609. The Bertz CT molecular complexity index is 250. The van der Waals surface area contributed by atoms with Crippen LogP contribution in [0.1, 0.15) is 40.5 Å². The second kappa shape index (κ2) is 7.09. The molecule has 0 heterocycles. The first-order chi connectivity index (χ1) is 7.47. The fraction of sp³-hybridized carbons (Fsp3) is 0.818. The normalized spacial score (nSPS) is 15.9. The Morgan fingerprint density at radius 1 is 1.38 bits per heavy atom. The van der Waals surface area contributed by atoms with Crippen molar-refractivity contribution in [2.45, 2.75) is 46.6 Å². The van der Waals surface area contributed by atoms with Crippen molar-refractivity contribution in [1.29, 1.82) is 0 Å². The van der Waals surface area contributed by atoms with Crippen LogP contribution in [0.5, 0.6) is 0 Å². The van der Waals surface area contributed by atoms with E-state index in [1.54, 1.807) is 6.92 Å². The van der Waals surface area contributed by atoms with E-state index in [2.05, 4.69) is 24.3 Å². The lowest BCUT2D eigenvalue weighted by atomic mass is 9.95. The lowest BCUT2D eigenvalue weighted by Crippen LogP contribution is -2.44. The first-order valence-electron chi connectivity index (χ1n) is 5.75. The lowest BCUT2D eigenvalue weighted by Gasteiger charge is -2.23. The predicted molar refractivity (Wildman–Crippen MR) is 64.2 cm³/mol. The topological polar surface area (TPSA) is 87.7 Å². The smallest absolute Gasteiger partial charge is 0.230 e. The van der Waals surface area contributed by atoms with Gasteiger partial charge in [-0.1, -0.05) is 31.8 Å². The lowest BCUT2D eigenvalue weighted by molar-refractivity contribution is -0.123. The Morgan fingerprint density at radius 2 is 1.88 bits per heavy atom. The maximum atomic E-state index is 11.7. The van der Waals surface area contributed by atoms with Crippen LogP contribution in [-0.2, 0) is 4.79 Å². The number of carbonyl (C=O) groups is 1. The molecule has 0 spiro atoms. The summed E-state index contributed by atoms with van der Waals surface area (Å²) in [5.41, 5.74) is 5.37. The van der Waals surface area contributed by atoms with E-state index in [-0.39, 0.29) is 17.8 Å². The van der Waals surface area contributed by atoms with Crippen LogP contribution in [0.2, 0.25) is 0 Å². The number of nitrogens with two attached hydrogens (primary N) is 1. The number of hydrogen-bond acceptors (Lipinski definition) is 3. The summed E-state index contributed by atoms with van der Waals surface area (Å²) in [4.78, 5) is 11.7. The molecule has 0 aromatic carbocycles. The van der Waals surface area contributed by atoms with Crippen molar-refractivity contribution in [2.24, 2.45) is 22.7 Å². The molecule has 0 saturated carbocycles. The van der Waals surface area contributed by atoms with Crippen LogP contribution in [0.3, 0.4) is 0 Å². The standard InChI is InChI=1S/C11H23N3O2/c1-5-9(6-2)8(4)13-11(15)7(3)10(12)14-16/h7-9,16H,5-6H2,1-4H3,(H2,12,14)(H,13,15). The van der Waals surface area contributed by atoms with E-state index in [0.29, 0.717) is 5.92 Å². The fourth-order valence-corrected chi connectivity index (χ4v) is 1.68. The molecule has 0 aliphatic carbocycles. The van der Waals surface area contributed by atoms with Gasteiger partial charge in [0, 0.05) is 6.04 Å². The first kappa shape index (κ1) is 14.7. The molecular weight excluding hydrogens is 206 g/mol. The molecular formula is C11H23N3O2. The number of carbonyl (C=O) groups excluding carboxylic acids is 1. The molecule has 0 fully saturated rings. The largest absolute Gasteiger partial charge is 0.409 e. The maximum absolute atomic E-state index is 11.7. The fourth-order valence-electron chi connectivity index (χ4n) is 1.68. The van der Waals surface area contributed by atoms with Gasteiger partial charge in [-0.2, -0.15) is 0 Å². The third-order valence-electron chi connectivity index (χ3n) is 3.08. The summed E-state index contributed by atoms with van der Waals surface area (Å²) in [7, 11) is 0. The van der Waals surface area contributed by atoms with Gasteiger partial charge >= 0.3 is 0 Å². The van der Waals surface area contributed by atoms with Crippen LogP contribution in [0.15, 0.2) is 5.16 Å². The molecule has 2 atom stereocenters. The predicted octanol–water partition coefficient (Wildman–Crippen LogP) is 1.31. The van der Waals surface area contributed by atoms with E-state index >= 15 is 0 Å². The highest BCUT2D eigenvalue weighted by atomic mass is 16.4. The molecule has 0 rings (SSSR count). The van der Waals surface area contributed by atoms with Crippen LogP contribution in [0.25, 0.3) is 0 Å². The zero-order valence-corrected chi connectivity index (χ0v) is 10.5. The van der Waals surface area contributed by atoms with Gasteiger partial charge in [0.25, 0.3) is 0 Å². The minimum atomic E-state index is -0.596. The van der Waals surface area contributed by atoms with Gasteiger partial charge in [-0.15, -0.1) is 0 Å². The molecule has 5 nitrogen and oxygen atoms in total. The number of nitrogens with one attached hydrogen (secondary N) is 1. The Balaban J connectivity index is 4.34. The average molecular weight is 229 g/mol. The number of nitrogens with zero attached hydrogens (tertiary/aromatic N) is 1. The summed E-state index contributed by atoms with van der Waals surface area (Å²) in [6, 6.07) is 0.108. The first-order valence-corrected chi connectivity index (χ1v) is 5.75. The Kier molecular flexibility index (Phi) is 6.53. The van der Waals surface area contributed by atoms with E-state index in [4.69, 9.17) is 10.9 Å². The van der Waals surface area contributed by atoms with Crippen molar-refractivity contribution in [3.8, 4) is 0 Å². The van der Waals surface area contributed by atoms with E-state index in [1.807, 2.05) is 6.92 Å². The molecule has 0 radical (unpaired) electrons. The van der Waals surface area contributed by atoms with Crippen molar-refractivity contribution in [3.63, 3.8) is 0 Å². The molecule has 0 bridgehead atoms. The van der Waals surface area contributed by atoms with Gasteiger partial charge in [0.2, 0.25) is 5.91 Å². The zero-order valence-electron chi connectivity index (χ0n) is 10.5. The van der Waals surface area contributed by atoms with Crippen LogP contribution in [-0.4, -0.2) is 23.0 Å². The van der Waals surface area contributed by atoms with Crippen LogP contribution in [0.4, 0.5) is 0 Å². The number of rotatable bonds is 6. The summed E-state index contributed by atoms with van der Waals surface area (Å²) in [6.07, 6.45) is 2.05. The molecule has 5 heteroatoms. The molecule has 0 aromatic rings. The van der Waals surface area contributed by atoms with Crippen molar-refractivity contribution in [2.75, 3.05) is 0 Å². The second-order valence-electron chi connectivity index (χ2n) is 4.12. The third kappa shape index (κ3) is 4.08. The molecule has 0 saturated heterocycles. The number of amidine groups is 1. The van der Waals surface area contributed by atoms with Gasteiger partial charge < -0.3 is 16.3 Å². The van der Waals surface area contributed by atoms with Gasteiger partial charge in [-0.25, -0.2) is 0 Å². The summed E-state index contributed by atoms with van der Waals surface area (Å²) in [6.45, 7) is 7.80. The summed E-state index contributed by atoms with van der Waals surface area (Å²) in [5.74, 6) is -0.394. The minimum Gasteiger partial charge on any atom is -0.409 e. The van der Waals surface area contributed by atoms with Gasteiger partial charge in [0.05, 0.1) is 5.92 Å². The molecule has 94 valence electrons. The number of hydrogen-bond donors (Lipinski definition) is 3. The number of oxime groups is 1. The highest BCUT2D eigenvalue weighted by Gasteiger charge is 2.21. The molecule has 0 aliphatic rings. The maximum Gasteiger partial charge on any atom is 0.230 e. The van der Waals surface area contributed by atoms with Crippen LogP contribution < -0.4 is 11.1 Å². The highest BCUT2D eigenvalue weighted by Crippen LogP contribution is 2.13. The summed E-state index contributed by atoms with van der Waals surface area (Å²) >= 11 is 0. The van der Waals surface area contributed by atoms with E-state index in [9.17, 15) is 4.79 Å². The molecule has 16 heavy (non-hydrogen) atoms.